The van der Waals surface area contributed by atoms with Crippen molar-refractivity contribution in [1.82, 2.24) is 5.32 Å². The SMILES string of the molecule is C=C1CC(NC(=O)c2ccccc2)C1. The van der Waals surface area contributed by atoms with Gasteiger partial charge in [-0.05, 0) is 25.0 Å². The monoisotopic (exact) mass is 187 g/mol. The fourth-order valence-electron chi connectivity index (χ4n) is 1.60. The minimum absolute atomic E-state index is 0.0168. The van der Waals surface area contributed by atoms with E-state index in [-0.39, 0.29) is 5.91 Å². The van der Waals surface area contributed by atoms with E-state index in [2.05, 4.69) is 11.9 Å². The Bertz CT molecular complexity index is 348. The number of nitrogens with one attached hydrogen (secondary N) is 1. The Morgan fingerprint density at radius 3 is 2.50 bits per heavy atom. The van der Waals surface area contributed by atoms with Gasteiger partial charge >= 0.3 is 0 Å². The molecule has 0 aliphatic heterocycles. The molecule has 0 radical (unpaired) electrons. The van der Waals surface area contributed by atoms with E-state index in [1.807, 2.05) is 30.3 Å². The molecule has 1 N–H and O–H groups in total. The van der Waals surface area contributed by atoms with E-state index >= 15 is 0 Å². The third kappa shape index (κ3) is 1.84. The molecule has 1 aromatic carbocycles. The Hall–Kier alpha value is -1.57. The number of hydrogen-bond donors (Lipinski definition) is 1. The van der Waals surface area contributed by atoms with Crippen LogP contribution in [0.5, 0.6) is 0 Å². The van der Waals surface area contributed by atoms with Crippen LogP contribution in [0.3, 0.4) is 0 Å². The molecular formula is C12H13NO. The Morgan fingerprint density at radius 1 is 1.29 bits per heavy atom. The summed E-state index contributed by atoms with van der Waals surface area (Å²) in [4.78, 5) is 11.6. The van der Waals surface area contributed by atoms with Gasteiger partial charge in [0.05, 0.1) is 0 Å². The van der Waals surface area contributed by atoms with Crippen molar-refractivity contribution in [3.05, 3.63) is 48.0 Å². The molecule has 1 fully saturated rings. The average Bonchev–Trinajstić information content (AvgIpc) is 2.17. The molecule has 0 unspecified atom stereocenters. The quantitative estimate of drug-likeness (QED) is 0.706. The molecule has 0 atom stereocenters. The van der Waals surface area contributed by atoms with E-state index in [0.717, 1.165) is 18.4 Å². The van der Waals surface area contributed by atoms with Crippen LogP contribution in [0.2, 0.25) is 0 Å². The first-order valence-corrected chi connectivity index (χ1v) is 4.78. The Balaban J connectivity index is 1.93. The maximum atomic E-state index is 11.6. The zero-order valence-electron chi connectivity index (χ0n) is 7.99. The van der Waals surface area contributed by atoms with Crippen LogP contribution < -0.4 is 5.32 Å². The van der Waals surface area contributed by atoms with Crippen molar-refractivity contribution in [2.45, 2.75) is 18.9 Å². The van der Waals surface area contributed by atoms with Gasteiger partial charge in [-0.1, -0.05) is 30.4 Å². The highest BCUT2D eigenvalue weighted by Gasteiger charge is 2.23. The summed E-state index contributed by atoms with van der Waals surface area (Å²) in [6, 6.07) is 9.59. The molecule has 2 nitrogen and oxygen atoms in total. The number of amides is 1. The van der Waals surface area contributed by atoms with Crippen LogP contribution >= 0.6 is 0 Å². The fraction of sp³-hybridized carbons (Fsp3) is 0.250. The van der Waals surface area contributed by atoms with Crippen LogP contribution in [0.4, 0.5) is 0 Å². The summed E-state index contributed by atoms with van der Waals surface area (Å²) in [7, 11) is 0. The van der Waals surface area contributed by atoms with Gasteiger partial charge in [-0.15, -0.1) is 0 Å². The standard InChI is InChI=1S/C12H13NO/c1-9-7-11(8-9)13-12(14)10-5-3-2-4-6-10/h2-6,11H,1,7-8H2,(H,13,14). The second-order valence-corrected chi connectivity index (χ2v) is 3.69. The van der Waals surface area contributed by atoms with Crippen LogP contribution in [0.25, 0.3) is 0 Å². The van der Waals surface area contributed by atoms with Crippen molar-refractivity contribution in [1.29, 1.82) is 0 Å². The molecule has 0 heterocycles. The molecule has 0 saturated heterocycles. The van der Waals surface area contributed by atoms with Crippen molar-refractivity contribution < 1.29 is 4.79 Å². The second-order valence-electron chi connectivity index (χ2n) is 3.69. The highest BCUT2D eigenvalue weighted by Crippen LogP contribution is 2.24. The zero-order chi connectivity index (χ0) is 9.97. The Morgan fingerprint density at radius 2 is 1.93 bits per heavy atom. The minimum atomic E-state index is 0.0168. The predicted molar refractivity (Wildman–Crippen MR) is 56.1 cm³/mol. The van der Waals surface area contributed by atoms with Gasteiger partial charge in [0, 0.05) is 11.6 Å². The van der Waals surface area contributed by atoms with Crippen LogP contribution in [0.15, 0.2) is 42.5 Å². The Kier molecular flexibility index (Phi) is 2.35. The van der Waals surface area contributed by atoms with E-state index < -0.39 is 0 Å². The molecule has 1 aliphatic rings. The van der Waals surface area contributed by atoms with Gasteiger partial charge in [0.15, 0.2) is 0 Å². The lowest BCUT2D eigenvalue weighted by molar-refractivity contribution is 0.0929. The lowest BCUT2D eigenvalue weighted by atomic mass is 9.87. The highest BCUT2D eigenvalue weighted by molar-refractivity contribution is 5.94. The second kappa shape index (κ2) is 3.66. The van der Waals surface area contributed by atoms with E-state index in [0.29, 0.717) is 6.04 Å². The first kappa shape index (κ1) is 9.00. The number of hydrogen-bond acceptors (Lipinski definition) is 1. The van der Waals surface area contributed by atoms with Gasteiger partial charge in [-0.2, -0.15) is 0 Å². The smallest absolute Gasteiger partial charge is 0.251 e. The largest absolute Gasteiger partial charge is 0.349 e. The molecular weight excluding hydrogens is 174 g/mol. The maximum absolute atomic E-state index is 11.6. The number of carbonyl (C=O) groups excluding carboxylic acids is 1. The molecule has 1 aromatic rings. The van der Waals surface area contributed by atoms with Crippen molar-refractivity contribution in [2.24, 2.45) is 0 Å². The number of rotatable bonds is 2. The third-order valence-electron chi connectivity index (χ3n) is 2.44. The lowest BCUT2D eigenvalue weighted by Gasteiger charge is -2.29. The molecule has 2 rings (SSSR count). The van der Waals surface area contributed by atoms with Crippen molar-refractivity contribution in [3.8, 4) is 0 Å². The average molecular weight is 187 g/mol. The van der Waals surface area contributed by atoms with Crippen molar-refractivity contribution in [3.63, 3.8) is 0 Å². The van der Waals surface area contributed by atoms with Gasteiger partial charge in [-0.25, -0.2) is 0 Å². The molecule has 0 aromatic heterocycles. The molecule has 2 heteroatoms. The summed E-state index contributed by atoms with van der Waals surface area (Å²) in [5, 5.41) is 2.96. The van der Waals surface area contributed by atoms with Crippen LogP contribution in [0.1, 0.15) is 23.2 Å². The normalized spacial score (nSPS) is 16.1. The predicted octanol–water partition coefficient (Wildman–Crippen LogP) is 2.13. The topological polar surface area (TPSA) is 29.1 Å². The van der Waals surface area contributed by atoms with Crippen LogP contribution in [0, 0.1) is 0 Å². The van der Waals surface area contributed by atoms with Gasteiger partial charge in [0.25, 0.3) is 5.91 Å². The zero-order valence-corrected chi connectivity index (χ0v) is 7.99. The van der Waals surface area contributed by atoms with E-state index in [4.69, 9.17) is 0 Å². The lowest BCUT2D eigenvalue weighted by Crippen LogP contribution is -2.40. The third-order valence-corrected chi connectivity index (χ3v) is 2.44. The van der Waals surface area contributed by atoms with E-state index in [1.54, 1.807) is 0 Å². The van der Waals surface area contributed by atoms with Gasteiger partial charge in [-0.3, -0.25) is 4.79 Å². The summed E-state index contributed by atoms with van der Waals surface area (Å²) >= 11 is 0. The summed E-state index contributed by atoms with van der Waals surface area (Å²) < 4.78 is 0. The van der Waals surface area contributed by atoms with Crippen LogP contribution in [-0.4, -0.2) is 11.9 Å². The highest BCUT2D eigenvalue weighted by atomic mass is 16.1. The first-order chi connectivity index (χ1) is 6.75. The van der Waals surface area contributed by atoms with Gasteiger partial charge in [0.1, 0.15) is 0 Å². The molecule has 1 saturated carbocycles. The number of carbonyl (C=O) groups is 1. The van der Waals surface area contributed by atoms with Crippen molar-refractivity contribution in [2.75, 3.05) is 0 Å². The minimum Gasteiger partial charge on any atom is -0.349 e. The summed E-state index contributed by atoms with van der Waals surface area (Å²) in [6.07, 6.45) is 1.86. The molecule has 0 spiro atoms. The van der Waals surface area contributed by atoms with Gasteiger partial charge < -0.3 is 5.32 Å². The van der Waals surface area contributed by atoms with Crippen molar-refractivity contribution >= 4 is 5.91 Å². The first-order valence-electron chi connectivity index (χ1n) is 4.78. The molecule has 72 valence electrons. The molecule has 1 aliphatic carbocycles. The molecule has 1 amide bonds. The van der Waals surface area contributed by atoms with Gasteiger partial charge in [0.2, 0.25) is 0 Å². The number of benzene rings is 1. The summed E-state index contributed by atoms with van der Waals surface area (Å²) in [5.74, 6) is 0.0168. The molecule has 0 bridgehead atoms. The van der Waals surface area contributed by atoms with E-state index in [9.17, 15) is 4.79 Å². The molecule has 14 heavy (non-hydrogen) atoms. The van der Waals surface area contributed by atoms with E-state index in [1.165, 1.54) is 5.57 Å². The summed E-state index contributed by atoms with van der Waals surface area (Å²) in [6.45, 7) is 3.84. The fourth-order valence-corrected chi connectivity index (χ4v) is 1.60. The summed E-state index contributed by atoms with van der Waals surface area (Å²) in [5.41, 5.74) is 1.95. The van der Waals surface area contributed by atoms with Crippen LogP contribution in [-0.2, 0) is 0 Å². The Labute approximate surface area is 83.6 Å². The maximum Gasteiger partial charge on any atom is 0.251 e.